The first-order valence-corrected chi connectivity index (χ1v) is 13.2. The van der Waals surface area contributed by atoms with Crippen molar-refractivity contribution in [3.8, 4) is 11.6 Å². The minimum Gasteiger partial charge on any atom is -0.465 e. The fourth-order valence-corrected chi connectivity index (χ4v) is 4.64. The van der Waals surface area contributed by atoms with E-state index in [4.69, 9.17) is 9.15 Å². The SMILES string of the molecule is C=CCCC1(C(=O)c2nc(-c3nnc([C@@](CC=C)(OCc4ccccc4)C(F)(F)F)o3)c(NC(=O)O)cc2C(F)(F)F)CC1. The van der Waals surface area contributed by atoms with E-state index in [1.165, 1.54) is 18.2 Å². The number of hydrogen-bond acceptors (Lipinski definition) is 7. The molecule has 0 aliphatic heterocycles. The number of Topliss-reactive ketones (excluding diaryl/α,β-unsaturated/α-hetero) is 1. The third-order valence-electron chi connectivity index (χ3n) is 7.14. The zero-order chi connectivity index (χ0) is 32.3. The molecule has 1 fully saturated rings. The van der Waals surface area contributed by atoms with Gasteiger partial charge >= 0.3 is 18.4 Å². The van der Waals surface area contributed by atoms with Crippen LogP contribution in [0.25, 0.3) is 11.6 Å². The smallest absolute Gasteiger partial charge is 0.426 e. The number of pyridine rings is 1. The van der Waals surface area contributed by atoms with Crippen LogP contribution in [0.15, 0.2) is 66.1 Å². The number of nitrogens with zero attached hydrogens (tertiary/aromatic N) is 3. The molecule has 0 spiro atoms. The van der Waals surface area contributed by atoms with Gasteiger partial charge in [-0.1, -0.05) is 42.5 Å². The third-order valence-corrected chi connectivity index (χ3v) is 7.14. The highest BCUT2D eigenvalue weighted by Gasteiger charge is 2.61. The second-order valence-corrected chi connectivity index (χ2v) is 10.1. The van der Waals surface area contributed by atoms with Gasteiger partial charge in [0.1, 0.15) is 5.69 Å². The summed E-state index contributed by atoms with van der Waals surface area (Å²) in [6.07, 6.45) is -9.55. The summed E-state index contributed by atoms with van der Waals surface area (Å²) in [5.41, 5.74) is -8.25. The van der Waals surface area contributed by atoms with Crippen molar-refractivity contribution in [3.05, 3.63) is 84.4 Å². The molecule has 3 aromatic rings. The number of ether oxygens (including phenoxy) is 1. The van der Waals surface area contributed by atoms with E-state index in [2.05, 4.69) is 28.3 Å². The number of carboxylic acid groups (broad SMARTS) is 1. The molecule has 2 heterocycles. The first-order valence-electron chi connectivity index (χ1n) is 13.2. The van der Waals surface area contributed by atoms with Gasteiger partial charge in [0.2, 0.25) is 5.60 Å². The molecule has 44 heavy (non-hydrogen) atoms. The molecule has 1 amide bonds. The van der Waals surface area contributed by atoms with Gasteiger partial charge in [0.25, 0.3) is 11.8 Å². The maximum absolute atomic E-state index is 14.6. The first kappa shape index (κ1) is 32.4. The standard InChI is InChI=1S/C29H26F6N4O5/c1-3-5-12-26(13-14-26)22(40)20-18(28(30,31)32)15-19(36-25(41)42)21(37-20)23-38-39-24(44-23)27(11-4-2,29(33,34)35)43-16-17-9-7-6-8-10-17/h3-4,6-10,15,36H,1-2,5,11-14,16H2,(H,41,42)/t27-/m1/s1. The van der Waals surface area contributed by atoms with Crippen molar-refractivity contribution in [1.29, 1.82) is 0 Å². The van der Waals surface area contributed by atoms with Crippen LogP contribution in [-0.4, -0.2) is 38.3 Å². The number of benzene rings is 1. The molecule has 2 N–H and O–H groups in total. The molecule has 1 aliphatic rings. The lowest BCUT2D eigenvalue weighted by atomic mass is 9.90. The lowest BCUT2D eigenvalue weighted by Gasteiger charge is -2.31. The number of carbonyl (C=O) groups is 2. The molecule has 9 nitrogen and oxygen atoms in total. The van der Waals surface area contributed by atoms with Crippen molar-refractivity contribution in [2.24, 2.45) is 5.41 Å². The Morgan fingerprint density at radius 3 is 2.30 bits per heavy atom. The Hall–Kier alpha value is -4.53. The van der Waals surface area contributed by atoms with E-state index in [0.29, 0.717) is 18.1 Å². The van der Waals surface area contributed by atoms with Crippen molar-refractivity contribution >= 4 is 17.6 Å². The van der Waals surface area contributed by atoms with Crippen LogP contribution in [0.2, 0.25) is 0 Å². The quantitative estimate of drug-likeness (QED) is 0.112. The largest absolute Gasteiger partial charge is 0.465 e. The van der Waals surface area contributed by atoms with E-state index < -0.39 is 82.7 Å². The molecule has 0 unspecified atom stereocenters. The van der Waals surface area contributed by atoms with E-state index in [1.54, 1.807) is 23.5 Å². The summed E-state index contributed by atoms with van der Waals surface area (Å²) in [7, 11) is 0. The molecule has 1 aliphatic carbocycles. The number of allylic oxidation sites excluding steroid dienone is 1. The number of amides is 1. The van der Waals surface area contributed by atoms with Gasteiger partial charge in [-0.3, -0.25) is 10.1 Å². The number of hydrogen-bond donors (Lipinski definition) is 2. The summed E-state index contributed by atoms with van der Waals surface area (Å²) in [4.78, 5) is 28.7. The van der Waals surface area contributed by atoms with Gasteiger partial charge in [0, 0.05) is 11.8 Å². The van der Waals surface area contributed by atoms with E-state index in [1.807, 2.05) is 0 Å². The van der Waals surface area contributed by atoms with Crippen LogP contribution in [0.5, 0.6) is 0 Å². The average Bonchev–Trinajstić information content (AvgIpc) is 3.59. The van der Waals surface area contributed by atoms with Crippen LogP contribution in [0.3, 0.4) is 0 Å². The highest BCUT2D eigenvalue weighted by atomic mass is 19.4. The molecule has 1 saturated carbocycles. The summed E-state index contributed by atoms with van der Waals surface area (Å²) in [6.45, 7) is 6.36. The van der Waals surface area contributed by atoms with Gasteiger partial charge < -0.3 is 14.3 Å². The maximum Gasteiger partial charge on any atom is 0.426 e. The van der Waals surface area contributed by atoms with E-state index in [9.17, 15) is 41.0 Å². The second-order valence-electron chi connectivity index (χ2n) is 10.1. The monoisotopic (exact) mass is 624 g/mol. The zero-order valence-corrected chi connectivity index (χ0v) is 23.0. The van der Waals surface area contributed by atoms with Crippen LogP contribution < -0.4 is 5.32 Å². The third kappa shape index (κ3) is 6.51. The number of alkyl halides is 6. The van der Waals surface area contributed by atoms with Gasteiger partial charge in [-0.25, -0.2) is 9.78 Å². The molecule has 234 valence electrons. The highest BCUT2D eigenvalue weighted by Crippen LogP contribution is 2.53. The number of ketones is 1. The fourth-order valence-electron chi connectivity index (χ4n) is 4.64. The van der Waals surface area contributed by atoms with Crippen LogP contribution in [0, 0.1) is 5.41 Å². The Morgan fingerprint density at radius 2 is 1.75 bits per heavy atom. The van der Waals surface area contributed by atoms with Crippen molar-refractivity contribution in [2.45, 2.75) is 56.7 Å². The topological polar surface area (TPSA) is 127 Å². The molecule has 0 saturated heterocycles. The number of halogens is 6. The number of aromatic nitrogens is 3. The van der Waals surface area contributed by atoms with E-state index >= 15 is 0 Å². The Labute approximate surface area is 246 Å². The predicted molar refractivity (Wildman–Crippen MR) is 143 cm³/mol. The van der Waals surface area contributed by atoms with Crippen LogP contribution in [0.1, 0.15) is 59.6 Å². The summed E-state index contributed by atoms with van der Waals surface area (Å²) in [5, 5.41) is 18.1. The van der Waals surface area contributed by atoms with Crippen molar-refractivity contribution in [3.63, 3.8) is 0 Å². The predicted octanol–water partition coefficient (Wildman–Crippen LogP) is 7.72. The molecule has 2 aromatic heterocycles. The highest BCUT2D eigenvalue weighted by molar-refractivity contribution is 6.03. The van der Waals surface area contributed by atoms with Crippen molar-refractivity contribution in [2.75, 3.05) is 5.32 Å². The van der Waals surface area contributed by atoms with Crippen LogP contribution >= 0.6 is 0 Å². The van der Waals surface area contributed by atoms with Crippen molar-refractivity contribution < 1.29 is 50.2 Å². The lowest BCUT2D eigenvalue weighted by Crippen LogP contribution is -2.45. The van der Waals surface area contributed by atoms with E-state index in [0.717, 1.165) is 6.08 Å². The molecule has 0 bridgehead atoms. The number of carbonyl (C=O) groups excluding carboxylic acids is 1. The number of nitrogens with one attached hydrogen (secondary N) is 1. The van der Waals surface area contributed by atoms with Crippen molar-refractivity contribution in [1.82, 2.24) is 15.2 Å². The fraction of sp³-hybridized carbons (Fsp3) is 0.345. The number of rotatable bonds is 13. The molecule has 1 atom stereocenters. The molecule has 4 rings (SSSR count). The molecular weight excluding hydrogens is 598 g/mol. The van der Waals surface area contributed by atoms with Gasteiger partial charge in [-0.05, 0) is 37.3 Å². The number of anilines is 1. The van der Waals surface area contributed by atoms with Gasteiger partial charge in [-0.2, -0.15) is 26.3 Å². The Morgan fingerprint density at radius 1 is 1.07 bits per heavy atom. The second kappa shape index (κ2) is 12.2. The Bertz CT molecular complexity index is 1550. The Kier molecular flexibility index (Phi) is 9.00. The molecule has 1 aromatic carbocycles. The summed E-state index contributed by atoms with van der Waals surface area (Å²) < 4.78 is 97.0. The average molecular weight is 625 g/mol. The normalized spacial score (nSPS) is 15.7. The van der Waals surface area contributed by atoms with Crippen LogP contribution in [-0.2, 0) is 23.1 Å². The minimum absolute atomic E-state index is 0.192. The van der Waals surface area contributed by atoms with Gasteiger partial charge in [-0.15, -0.1) is 23.4 Å². The van der Waals surface area contributed by atoms with Gasteiger partial charge in [0.05, 0.1) is 17.9 Å². The molecular formula is C29H26F6N4O5. The summed E-state index contributed by atoms with van der Waals surface area (Å²) in [6, 6.07) is 8.18. The maximum atomic E-state index is 14.6. The summed E-state index contributed by atoms with van der Waals surface area (Å²) in [5.74, 6) is -2.99. The first-order chi connectivity index (χ1) is 20.7. The summed E-state index contributed by atoms with van der Waals surface area (Å²) >= 11 is 0. The van der Waals surface area contributed by atoms with E-state index in [-0.39, 0.29) is 19.3 Å². The van der Waals surface area contributed by atoms with Gasteiger partial charge in [0.15, 0.2) is 11.5 Å². The Balaban J connectivity index is 1.87. The minimum atomic E-state index is -5.17. The molecule has 0 radical (unpaired) electrons. The zero-order valence-electron chi connectivity index (χ0n) is 23.0. The lowest BCUT2D eigenvalue weighted by molar-refractivity contribution is -0.295. The van der Waals surface area contributed by atoms with Crippen LogP contribution in [0.4, 0.5) is 36.8 Å². The molecule has 15 heteroatoms.